The van der Waals surface area contributed by atoms with Crippen molar-refractivity contribution < 1.29 is 9.90 Å². The van der Waals surface area contributed by atoms with Crippen molar-refractivity contribution in [2.75, 3.05) is 0 Å². The highest BCUT2D eigenvalue weighted by molar-refractivity contribution is 7.05. The standard InChI is InChI=1S/C5H6N2O2S/c8-5(9)2-1-4-3-6-7-10-4/h3H,1-2H2,(H,8,9). The van der Waals surface area contributed by atoms with Gasteiger partial charge in [-0.05, 0) is 18.0 Å². The molecule has 1 heterocycles. The molecule has 0 spiro atoms. The molecule has 0 saturated heterocycles. The van der Waals surface area contributed by atoms with E-state index in [4.69, 9.17) is 5.11 Å². The number of carboxylic acids is 1. The van der Waals surface area contributed by atoms with Crippen molar-refractivity contribution in [2.24, 2.45) is 0 Å². The van der Waals surface area contributed by atoms with E-state index in [1.165, 1.54) is 11.5 Å². The summed E-state index contributed by atoms with van der Waals surface area (Å²) in [6, 6.07) is 0. The van der Waals surface area contributed by atoms with Crippen LogP contribution in [0, 0.1) is 0 Å². The van der Waals surface area contributed by atoms with Gasteiger partial charge in [-0.1, -0.05) is 4.49 Å². The Morgan fingerprint density at radius 1 is 1.80 bits per heavy atom. The second kappa shape index (κ2) is 3.26. The van der Waals surface area contributed by atoms with Gasteiger partial charge in [0.1, 0.15) is 0 Å². The molecule has 1 rings (SSSR count). The lowest BCUT2D eigenvalue weighted by molar-refractivity contribution is -0.136. The van der Waals surface area contributed by atoms with Crippen molar-refractivity contribution in [3.05, 3.63) is 11.1 Å². The molecule has 0 saturated carbocycles. The number of nitrogens with zero attached hydrogens (tertiary/aromatic N) is 2. The molecule has 0 radical (unpaired) electrons. The van der Waals surface area contributed by atoms with Crippen molar-refractivity contribution in [3.8, 4) is 0 Å². The van der Waals surface area contributed by atoms with Crippen LogP contribution in [-0.2, 0) is 11.2 Å². The first-order valence-corrected chi connectivity index (χ1v) is 3.54. The van der Waals surface area contributed by atoms with E-state index in [1.807, 2.05) is 0 Å². The highest BCUT2D eigenvalue weighted by atomic mass is 32.1. The van der Waals surface area contributed by atoms with E-state index >= 15 is 0 Å². The van der Waals surface area contributed by atoms with Crippen LogP contribution in [-0.4, -0.2) is 20.7 Å². The minimum Gasteiger partial charge on any atom is -0.481 e. The molecule has 54 valence electrons. The molecule has 0 fully saturated rings. The van der Waals surface area contributed by atoms with Crippen LogP contribution in [0.3, 0.4) is 0 Å². The summed E-state index contributed by atoms with van der Waals surface area (Å²) >= 11 is 1.24. The highest BCUT2D eigenvalue weighted by Crippen LogP contribution is 2.04. The Balaban J connectivity index is 2.35. The molecule has 0 bridgehead atoms. The molecular weight excluding hydrogens is 152 g/mol. The lowest BCUT2D eigenvalue weighted by atomic mass is 10.3. The van der Waals surface area contributed by atoms with Crippen LogP contribution in [0.1, 0.15) is 11.3 Å². The zero-order valence-electron chi connectivity index (χ0n) is 5.15. The van der Waals surface area contributed by atoms with Gasteiger partial charge < -0.3 is 5.11 Å². The number of aromatic nitrogens is 2. The molecule has 1 aromatic rings. The molecule has 4 nitrogen and oxygen atoms in total. The second-order valence-corrected chi connectivity index (χ2v) is 2.65. The van der Waals surface area contributed by atoms with Gasteiger partial charge in [-0.2, -0.15) is 0 Å². The van der Waals surface area contributed by atoms with E-state index < -0.39 is 5.97 Å². The van der Waals surface area contributed by atoms with Crippen molar-refractivity contribution in [1.29, 1.82) is 0 Å². The predicted octanol–water partition coefficient (Wildman–Crippen LogP) is 0.555. The van der Waals surface area contributed by atoms with Gasteiger partial charge in [-0.15, -0.1) is 5.10 Å². The number of hydrogen-bond acceptors (Lipinski definition) is 4. The average molecular weight is 158 g/mol. The number of carbonyl (C=O) groups is 1. The first-order chi connectivity index (χ1) is 4.79. The van der Waals surface area contributed by atoms with Crippen LogP contribution in [0.4, 0.5) is 0 Å². The Bertz CT molecular complexity index is 209. The van der Waals surface area contributed by atoms with E-state index in [9.17, 15) is 4.79 Å². The van der Waals surface area contributed by atoms with Crippen molar-refractivity contribution in [1.82, 2.24) is 9.59 Å². The maximum Gasteiger partial charge on any atom is 0.303 e. The molecule has 0 aliphatic heterocycles. The zero-order chi connectivity index (χ0) is 7.40. The Morgan fingerprint density at radius 3 is 3.10 bits per heavy atom. The third-order valence-corrected chi connectivity index (χ3v) is 1.71. The number of aryl methyl sites for hydroxylation is 1. The topological polar surface area (TPSA) is 63.1 Å². The molecule has 0 aliphatic carbocycles. The Morgan fingerprint density at radius 2 is 2.60 bits per heavy atom. The fourth-order valence-corrected chi connectivity index (χ4v) is 1.01. The average Bonchev–Trinajstić information content (AvgIpc) is 2.34. The number of carboxylic acid groups (broad SMARTS) is 1. The maximum absolute atomic E-state index is 10.1. The summed E-state index contributed by atoms with van der Waals surface area (Å²) in [4.78, 5) is 11.0. The molecule has 0 amide bonds. The van der Waals surface area contributed by atoms with E-state index in [0.29, 0.717) is 6.42 Å². The van der Waals surface area contributed by atoms with Gasteiger partial charge in [0.25, 0.3) is 0 Å². The lowest BCUT2D eigenvalue weighted by Crippen LogP contribution is -1.95. The lowest BCUT2D eigenvalue weighted by Gasteiger charge is -1.87. The second-order valence-electron chi connectivity index (χ2n) is 1.78. The van der Waals surface area contributed by atoms with Gasteiger partial charge >= 0.3 is 5.97 Å². The molecule has 5 heteroatoms. The smallest absolute Gasteiger partial charge is 0.303 e. The fourth-order valence-electron chi connectivity index (χ4n) is 0.528. The third kappa shape index (κ3) is 2.10. The first-order valence-electron chi connectivity index (χ1n) is 2.77. The first kappa shape index (κ1) is 7.14. The summed E-state index contributed by atoms with van der Waals surface area (Å²) in [7, 11) is 0. The summed E-state index contributed by atoms with van der Waals surface area (Å²) in [5, 5.41) is 11.9. The van der Waals surface area contributed by atoms with Crippen molar-refractivity contribution in [2.45, 2.75) is 12.8 Å². The van der Waals surface area contributed by atoms with Crippen LogP contribution in [0.25, 0.3) is 0 Å². The Hall–Kier alpha value is -0.970. The molecule has 1 aromatic heterocycles. The fraction of sp³-hybridized carbons (Fsp3) is 0.400. The summed E-state index contributed by atoms with van der Waals surface area (Å²) in [5.74, 6) is -0.784. The predicted molar refractivity (Wildman–Crippen MR) is 35.9 cm³/mol. The molecular formula is C5H6N2O2S. The number of hydrogen-bond donors (Lipinski definition) is 1. The highest BCUT2D eigenvalue weighted by Gasteiger charge is 1.99. The Labute approximate surface area is 61.7 Å². The minimum absolute atomic E-state index is 0.157. The molecule has 0 aliphatic rings. The molecule has 1 N–H and O–H groups in total. The normalized spacial score (nSPS) is 9.60. The number of aliphatic carboxylic acids is 1. The molecule has 0 aromatic carbocycles. The van der Waals surface area contributed by atoms with Gasteiger partial charge in [0, 0.05) is 4.88 Å². The summed E-state index contributed by atoms with van der Waals surface area (Å²) in [6.07, 6.45) is 2.28. The summed E-state index contributed by atoms with van der Waals surface area (Å²) in [6.45, 7) is 0. The zero-order valence-corrected chi connectivity index (χ0v) is 5.97. The largest absolute Gasteiger partial charge is 0.481 e. The SMILES string of the molecule is O=C(O)CCc1cnns1. The number of rotatable bonds is 3. The van der Waals surface area contributed by atoms with Gasteiger partial charge in [0.15, 0.2) is 0 Å². The van der Waals surface area contributed by atoms with Crippen LogP contribution in [0.2, 0.25) is 0 Å². The molecule has 0 unspecified atom stereocenters. The van der Waals surface area contributed by atoms with Crippen molar-refractivity contribution >= 4 is 17.5 Å². The van der Waals surface area contributed by atoms with Gasteiger partial charge in [-0.3, -0.25) is 4.79 Å². The maximum atomic E-state index is 10.1. The van der Waals surface area contributed by atoms with Crippen LogP contribution >= 0.6 is 11.5 Å². The third-order valence-electron chi connectivity index (χ3n) is 0.992. The van der Waals surface area contributed by atoms with E-state index in [2.05, 4.69) is 9.59 Å². The quantitative estimate of drug-likeness (QED) is 0.698. The summed E-state index contributed by atoms with van der Waals surface area (Å²) < 4.78 is 3.60. The minimum atomic E-state index is -0.784. The van der Waals surface area contributed by atoms with Gasteiger partial charge in [0.05, 0.1) is 12.6 Å². The molecule has 0 atom stereocenters. The van der Waals surface area contributed by atoms with Crippen LogP contribution in [0.15, 0.2) is 6.20 Å². The van der Waals surface area contributed by atoms with E-state index in [1.54, 1.807) is 6.20 Å². The van der Waals surface area contributed by atoms with Crippen LogP contribution < -0.4 is 0 Å². The Kier molecular flexibility index (Phi) is 2.33. The van der Waals surface area contributed by atoms with Crippen LogP contribution in [0.5, 0.6) is 0 Å². The monoisotopic (exact) mass is 158 g/mol. The van der Waals surface area contributed by atoms with Gasteiger partial charge in [0.2, 0.25) is 0 Å². The summed E-state index contributed by atoms with van der Waals surface area (Å²) in [5.41, 5.74) is 0. The van der Waals surface area contributed by atoms with E-state index in [-0.39, 0.29) is 6.42 Å². The molecule has 10 heavy (non-hydrogen) atoms. The van der Waals surface area contributed by atoms with Crippen molar-refractivity contribution in [3.63, 3.8) is 0 Å². The van der Waals surface area contributed by atoms with E-state index in [0.717, 1.165) is 4.88 Å². The van der Waals surface area contributed by atoms with Gasteiger partial charge in [-0.25, -0.2) is 0 Å².